The van der Waals surface area contributed by atoms with Crippen molar-refractivity contribution >= 4 is 0 Å². The van der Waals surface area contributed by atoms with Crippen LogP contribution in [0.4, 0.5) is 0 Å². The molecule has 3 rings (SSSR count). The Hall–Kier alpha value is -1.54. The van der Waals surface area contributed by atoms with E-state index in [0.29, 0.717) is 6.04 Å². The molecule has 0 spiro atoms. The smallest absolute Gasteiger partial charge is 0.125 e. The van der Waals surface area contributed by atoms with Gasteiger partial charge in [0.25, 0.3) is 0 Å². The first kappa shape index (κ1) is 14.4. The van der Waals surface area contributed by atoms with Gasteiger partial charge in [0, 0.05) is 6.04 Å². The van der Waals surface area contributed by atoms with Gasteiger partial charge in [-0.3, -0.25) is 0 Å². The summed E-state index contributed by atoms with van der Waals surface area (Å²) in [5.41, 5.74) is 1.28. The molecule has 2 aromatic rings. The van der Waals surface area contributed by atoms with E-state index in [1.54, 1.807) is 6.26 Å². The normalized spacial score (nSPS) is 27.4. The molecule has 1 aromatic carbocycles. The zero-order valence-corrected chi connectivity index (χ0v) is 13.0. The molecule has 1 N–H and O–H groups in total. The van der Waals surface area contributed by atoms with Crippen molar-refractivity contribution in [1.29, 1.82) is 0 Å². The zero-order valence-electron chi connectivity index (χ0n) is 13.0. The summed E-state index contributed by atoms with van der Waals surface area (Å²) < 4.78 is 5.68. The largest absolute Gasteiger partial charge is 0.467 e. The second kappa shape index (κ2) is 6.48. The monoisotopic (exact) mass is 283 g/mol. The SMILES string of the molecule is CC1CCC(NC(c2ccccc2)c2ccco2)CC1C. The molecule has 0 radical (unpaired) electrons. The highest BCUT2D eigenvalue weighted by Gasteiger charge is 2.27. The van der Waals surface area contributed by atoms with Crippen molar-refractivity contribution in [2.24, 2.45) is 11.8 Å². The molecule has 4 unspecified atom stereocenters. The van der Waals surface area contributed by atoms with E-state index in [0.717, 1.165) is 17.6 Å². The van der Waals surface area contributed by atoms with E-state index < -0.39 is 0 Å². The lowest BCUT2D eigenvalue weighted by atomic mass is 9.79. The molecule has 0 amide bonds. The van der Waals surface area contributed by atoms with Crippen LogP contribution in [0.3, 0.4) is 0 Å². The summed E-state index contributed by atoms with van der Waals surface area (Å²) in [4.78, 5) is 0. The Labute approximate surface area is 127 Å². The van der Waals surface area contributed by atoms with Crippen LogP contribution >= 0.6 is 0 Å². The predicted molar refractivity (Wildman–Crippen MR) is 86.1 cm³/mol. The average molecular weight is 283 g/mol. The molecule has 2 heteroatoms. The molecule has 1 saturated carbocycles. The Morgan fingerprint density at radius 1 is 1.00 bits per heavy atom. The molecular formula is C19H25NO. The first-order chi connectivity index (χ1) is 10.2. The van der Waals surface area contributed by atoms with Gasteiger partial charge >= 0.3 is 0 Å². The highest BCUT2D eigenvalue weighted by molar-refractivity contribution is 5.26. The summed E-state index contributed by atoms with van der Waals surface area (Å²) >= 11 is 0. The highest BCUT2D eigenvalue weighted by Crippen LogP contribution is 2.32. The predicted octanol–water partition coefficient (Wildman–Crippen LogP) is 4.78. The molecule has 1 aliphatic rings. The first-order valence-corrected chi connectivity index (χ1v) is 8.08. The number of rotatable bonds is 4. The number of nitrogens with one attached hydrogen (secondary N) is 1. The Kier molecular flexibility index (Phi) is 4.45. The first-order valence-electron chi connectivity index (χ1n) is 8.08. The molecule has 0 aliphatic heterocycles. The topological polar surface area (TPSA) is 25.2 Å². The maximum atomic E-state index is 5.68. The standard InChI is InChI=1S/C19H25NO/c1-14-10-11-17(13-15(14)2)20-19(18-9-6-12-21-18)16-7-4-3-5-8-16/h3-9,12,14-15,17,19-20H,10-11,13H2,1-2H3. The third-order valence-electron chi connectivity index (χ3n) is 4.96. The zero-order chi connectivity index (χ0) is 14.7. The number of furan rings is 1. The van der Waals surface area contributed by atoms with Gasteiger partial charge in [0.05, 0.1) is 12.3 Å². The van der Waals surface area contributed by atoms with Gasteiger partial charge in [0.2, 0.25) is 0 Å². The van der Waals surface area contributed by atoms with Gasteiger partial charge in [-0.05, 0) is 48.8 Å². The van der Waals surface area contributed by atoms with E-state index in [4.69, 9.17) is 4.42 Å². The second-order valence-corrected chi connectivity index (χ2v) is 6.49. The van der Waals surface area contributed by atoms with Crippen LogP contribution in [-0.4, -0.2) is 6.04 Å². The van der Waals surface area contributed by atoms with Crippen LogP contribution < -0.4 is 5.32 Å². The fourth-order valence-corrected chi connectivity index (χ4v) is 3.38. The summed E-state index contributed by atoms with van der Waals surface area (Å²) in [6.45, 7) is 4.75. The lowest BCUT2D eigenvalue weighted by Gasteiger charge is -2.34. The third kappa shape index (κ3) is 3.38. The van der Waals surface area contributed by atoms with Gasteiger partial charge in [0.15, 0.2) is 0 Å². The number of benzene rings is 1. The second-order valence-electron chi connectivity index (χ2n) is 6.49. The van der Waals surface area contributed by atoms with E-state index >= 15 is 0 Å². The van der Waals surface area contributed by atoms with Crippen LogP contribution in [0, 0.1) is 11.8 Å². The van der Waals surface area contributed by atoms with Crippen LogP contribution in [-0.2, 0) is 0 Å². The van der Waals surface area contributed by atoms with Gasteiger partial charge in [-0.15, -0.1) is 0 Å². The molecule has 1 fully saturated rings. The Bertz CT molecular complexity index is 534. The van der Waals surface area contributed by atoms with Gasteiger partial charge in [0.1, 0.15) is 5.76 Å². The molecule has 1 heterocycles. The fraction of sp³-hybridized carbons (Fsp3) is 0.474. The molecule has 4 atom stereocenters. The van der Waals surface area contributed by atoms with Gasteiger partial charge < -0.3 is 9.73 Å². The van der Waals surface area contributed by atoms with Crippen molar-refractivity contribution < 1.29 is 4.42 Å². The minimum Gasteiger partial charge on any atom is -0.467 e. The van der Waals surface area contributed by atoms with Crippen molar-refractivity contribution in [3.63, 3.8) is 0 Å². The van der Waals surface area contributed by atoms with Gasteiger partial charge in [-0.1, -0.05) is 44.2 Å². The van der Waals surface area contributed by atoms with Crippen LogP contribution in [0.25, 0.3) is 0 Å². The van der Waals surface area contributed by atoms with Crippen LogP contribution in [0.5, 0.6) is 0 Å². The highest BCUT2D eigenvalue weighted by atomic mass is 16.3. The molecule has 112 valence electrons. The molecular weight excluding hydrogens is 258 g/mol. The van der Waals surface area contributed by atoms with E-state index in [9.17, 15) is 0 Å². The lowest BCUT2D eigenvalue weighted by molar-refractivity contribution is 0.216. The summed E-state index contributed by atoms with van der Waals surface area (Å²) in [5, 5.41) is 3.83. The van der Waals surface area contributed by atoms with Gasteiger partial charge in [-0.25, -0.2) is 0 Å². The van der Waals surface area contributed by atoms with E-state index in [1.165, 1.54) is 24.8 Å². The Morgan fingerprint density at radius 3 is 2.48 bits per heavy atom. The molecule has 2 nitrogen and oxygen atoms in total. The van der Waals surface area contributed by atoms with Crippen LogP contribution in [0.15, 0.2) is 53.1 Å². The van der Waals surface area contributed by atoms with Crippen molar-refractivity contribution in [2.75, 3.05) is 0 Å². The van der Waals surface area contributed by atoms with Gasteiger partial charge in [-0.2, -0.15) is 0 Å². The van der Waals surface area contributed by atoms with Crippen molar-refractivity contribution in [1.82, 2.24) is 5.32 Å². The minimum absolute atomic E-state index is 0.159. The van der Waals surface area contributed by atoms with Crippen molar-refractivity contribution in [3.05, 3.63) is 60.1 Å². The van der Waals surface area contributed by atoms with Crippen LogP contribution in [0.2, 0.25) is 0 Å². The van der Waals surface area contributed by atoms with E-state index in [2.05, 4.69) is 55.6 Å². The van der Waals surface area contributed by atoms with E-state index in [1.807, 2.05) is 6.07 Å². The van der Waals surface area contributed by atoms with Crippen LogP contribution in [0.1, 0.15) is 50.5 Å². The number of hydrogen-bond donors (Lipinski definition) is 1. The molecule has 1 aromatic heterocycles. The third-order valence-corrected chi connectivity index (χ3v) is 4.96. The average Bonchev–Trinajstić information content (AvgIpc) is 3.03. The number of hydrogen-bond acceptors (Lipinski definition) is 2. The summed E-state index contributed by atoms with van der Waals surface area (Å²) in [7, 11) is 0. The minimum atomic E-state index is 0.159. The molecule has 21 heavy (non-hydrogen) atoms. The summed E-state index contributed by atoms with van der Waals surface area (Å²) in [6, 6.07) is 15.4. The van der Waals surface area contributed by atoms with E-state index in [-0.39, 0.29) is 6.04 Å². The molecule has 0 bridgehead atoms. The van der Waals surface area contributed by atoms with Crippen molar-refractivity contribution in [2.45, 2.75) is 45.2 Å². The Morgan fingerprint density at radius 2 is 1.81 bits per heavy atom. The summed E-state index contributed by atoms with van der Waals surface area (Å²) in [5.74, 6) is 2.65. The molecule has 0 saturated heterocycles. The Balaban J connectivity index is 1.77. The van der Waals surface area contributed by atoms with Crippen molar-refractivity contribution in [3.8, 4) is 0 Å². The fourth-order valence-electron chi connectivity index (χ4n) is 3.38. The lowest BCUT2D eigenvalue weighted by Crippen LogP contribution is -2.38. The maximum Gasteiger partial charge on any atom is 0.125 e. The summed E-state index contributed by atoms with van der Waals surface area (Å²) in [6.07, 6.45) is 5.60. The maximum absolute atomic E-state index is 5.68. The quantitative estimate of drug-likeness (QED) is 0.873. The molecule has 1 aliphatic carbocycles.